The quantitative estimate of drug-likeness (QED) is 0.535. The molecule has 0 spiro atoms. The number of quaternary nitrogens is 1. The predicted molar refractivity (Wildman–Crippen MR) is 59.2 cm³/mol. The maximum atomic E-state index is 11.3. The van der Waals surface area contributed by atoms with E-state index in [1.165, 1.54) is 6.08 Å². The van der Waals surface area contributed by atoms with Crippen molar-refractivity contribution in [3.05, 3.63) is 31.3 Å². The standard InChI is InChI=1S/C9H12ClN3O4/c1-11-5-8(12(14)15)3-2-7(10)9(4-8,6-11)13(16)17/h2H,3-6H2,1H3/p+1/t8-,9+/m0/s1. The highest BCUT2D eigenvalue weighted by Crippen LogP contribution is 2.41. The summed E-state index contributed by atoms with van der Waals surface area (Å²) in [6.07, 6.45) is 1.52. The van der Waals surface area contributed by atoms with Crippen molar-refractivity contribution in [3.8, 4) is 0 Å². The molecule has 94 valence electrons. The van der Waals surface area contributed by atoms with Crippen molar-refractivity contribution in [1.29, 1.82) is 0 Å². The molecule has 1 saturated heterocycles. The summed E-state index contributed by atoms with van der Waals surface area (Å²) in [7, 11) is 1.73. The first-order valence-corrected chi connectivity index (χ1v) is 5.67. The number of likely N-dealkylation sites (tertiary alicyclic amines) is 1. The van der Waals surface area contributed by atoms with Gasteiger partial charge in [0.2, 0.25) is 0 Å². The average Bonchev–Trinajstić information content (AvgIpc) is 2.23. The Kier molecular flexibility index (Phi) is 2.62. The molecular weight excluding hydrogens is 250 g/mol. The third-order valence-electron chi connectivity index (χ3n) is 3.69. The van der Waals surface area contributed by atoms with E-state index in [0.29, 0.717) is 6.54 Å². The van der Waals surface area contributed by atoms with Crippen molar-refractivity contribution in [2.45, 2.75) is 23.9 Å². The van der Waals surface area contributed by atoms with Crippen LogP contribution >= 0.6 is 11.6 Å². The van der Waals surface area contributed by atoms with E-state index in [1.807, 2.05) is 0 Å². The predicted octanol–water partition coefficient (Wildman–Crippen LogP) is -0.538. The zero-order chi connectivity index (χ0) is 12.8. The van der Waals surface area contributed by atoms with Gasteiger partial charge in [0.15, 0.2) is 6.54 Å². The van der Waals surface area contributed by atoms with Crippen LogP contribution in [0.3, 0.4) is 0 Å². The Balaban J connectivity index is 2.52. The van der Waals surface area contributed by atoms with Crippen LogP contribution in [0.4, 0.5) is 0 Å². The monoisotopic (exact) mass is 262 g/mol. The van der Waals surface area contributed by atoms with Crippen molar-refractivity contribution in [2.24, 2.45) is 0 Å². The van der Waals surface area contributed by atoms with Crippen LogP contribution in [0.25, 0.3) is 0 Å². The van der Waals surface area contributed by atoms with Crippen LogP contribution in [-0.4, -0.2) is 41.1 Å². The summed E-state index contributed by atoms with van der Waals surface area (Å²) in [5.74, 6) is 0. The fourth-order valence-electron chi connectivity index (χ4n) is 3.00. The van der Waals surface area contributed by atoms with Crippen molar-refractivity contribution in [1.82, 2.24) is 0 Å². The Morgan fingerprint density at radius 2 is 2.00 bits per heavy atom. The number of piperidine rings is 1. The molecule has 7 nitrogen and oxygen atoms in total. The van der Waals surface area contributed by atoms with Crippen molar-refractivity contribution in [2.75, 3.05) is 20.1 Å². The van der Waals surface area contributed by atoms with Gasteiger partial charge in [-0.3, -0.25) is 20.2 Å². The topological polar surface area (TPSA) is 90.7 Å². The van der Waals surface area contributed by atoms with Gasteiger partial charge in [-0.05, 0) is 0 Å². The molecule has 8 heteroatoms. The number of hydrogen-bond acceptors (Lipinski definition) is 4. The van der Waals surface area contributed by atoms with Crippen molar-refractivity contribution < 1.29 is 14.7 Å². The fourth-order valence-corrected chi connectivity index (χ4v) is 3.28. The van der Waals surface area contributed by atoms with Crippen molar-refractivity contribution in [3.63, 3.8) is 0 Å². The van der Waals surface area contributed by atoms with E-state index >= 15 is 0 Å². The van der Waals surface area contributed by atoms with E-state index in [1.54, 1.807) is 7.05 Å². The van der Waals surface area contributed by atoms with Gasteiger partial charge in [0.25, 0.3) is 5.54 Å². The van der Waals surface area contributed by atoms with E-state index in [4.69, 9.17) is 11.6 Å². The molecule has 1 aliphatic carbocycles. The lowest BCUT2D eigenvalue weighted by molar-refractivity contribution is -0.926. The van der Waals surface area contributed by atoms with Gasteiger partial charge in [-0.15, -0.1) is 0 Å². The number of likely N-dealkylation sites (N-methyl/N-ethyl adjacent to an activating group) is 1. The molecule has 0 aromatic heterocycles. The summed E-state index contributed by atoms with van der Waals surface area (Å²) in [5.41, 5.74) is -2.72. The Morgan fingerprint density at radius 3 is 2.53 bits per heavy atom. The van der Waals surface area contributed by atoms with E-state index in [2.05, 4.69) is 0 Å². The average molecular weight is 263 g/mol. The maximum Gasteiger partial charge on any atom is 0.311 e. The van der Waals surface area contributed by atoms with Gasteiger partial charge in [0.05, 0.1) is 12.1 Å². The molecule has 1 N–H and O–H groups in total. The van der Waals surface area contributed by atoms with Gasteiger partial charge in [-0.25, -0.2) is 0 Å². The van der Waals surface area contributed by atoms with Crippen molar-refractivity contribution >= 4 is 11.6 Å². The van der Waals surface area contributed by atoms with Crippen LogP contribution in [0.2, 0.25) is 0 Å². The minimum Gasteiger partial charge on any atom is -0.325 e. The molecule has 2 aliphatic rings. The van der Waals surface area contributed by atoms with Gasteiger partial charge < -0.3 is 4.90 Å². The van der Waals surface area contributed by atoms with E-state index in [0.717, 1.165) is 4.90 Å². The molecule has 1 unspecified atom stereocenters. The second-order valence-electron chi connectivity index (χ2n) is 5.01. The number of hydrogen-bond donors (Lipinski definition) is 1. The molecule has 1 fully saturated rings. The smallest absolute Gasteiger partial charge is 0.311 e. The summed E-state index contributed by atoms with van der Waals surface area (Å²) in [6.45, 7) is 0.501. The second-order valence-corrected chi connectivity index (χ2v) is 5.42. The molecule has 0 aromatic carbocycles. The molecule has 2 bridgehead atoms. The normalized spacial score (nSPS) is 40.6. The summed E-state index contributed by atoms with van der Waals surface area (Å²) in [5, 5.41) is 22.6. The first-order chi connectivity index (χ1) is 7.82. The molecule has 1 aliphatic heterocycles. The second kappa shape index (κ2) is 3.64. The molecule has 0 aromatic rings. The Bertz CT molecular complexity index is 426. The molecule has 1 heterocycles. The van der Waals surface area contributed by atoms with Crippen LogP contribution in [0.1, 0.15) is 12.8 Å². The SMILES string of the molecule is C[NH+]1C[C@]2([N+](=O)[O-])CC=C(Cl)[C@]([N+](=O)[O-])(C1)C2. The first-order valence-electron chi connectivity index (χ1n) is 5.29. The highest BCUT2D eigenvalue weighted by atomic mass is 35.5. The highest BCUT2D eigenvalue weighted by molar-refractivity contribution is 6.30. The molecule has 0 amide bonds. The third kappa shape index (κ3) is 1.61. The number of nitro groups is 2. The van der Waals surface area contributed by atoms with Crippen LogP contribution in [0.15, 0.2) is 11.1 Å². The van der Waals surface area contributed by atoms with Crippen LogP contribution < -0.4 is 4.90 Å². The lowest BCUT2D eigenvalue weighted by Crippen LogP contribution is -3.15. The summed E-state index contributed by atoms with van der Waals surface area (Å²) in [6, 6.07) is 0. The third-order valence-corrected chi connectivity index (χ3v) is 4.20. The molecule has 0 saturated carbocycles. The van der Waals surface area contributed by atoms with Gasteiger partial charge >= 0.3 is 5.54 Å². The van der Waals surface area contributed by atoms with Gasteiger partial charge in [0.1, 0.15) is 13.0 Å². The highest BCUT2D eigenvalue weighted by Gasteiger charge is 2.67. The molecule has 17 heavy (non-hydrogen) atoms. The summed E-state index contributed by atoms with van der Waals surface area (Å²) in [4.78, 5) is 22.4. The Morgan fingerprint density at radius 1 is 1.35 bits per heavy atom. The number of nitrogens with zero attached hydrogens (tertiary/aromatic N) is 2. The van der Waals surface area contributed by atoms with Gasteiger partial charge in [0, 0.05) is 16.3 Å². The minimum absolute atomic E-state index is 0.104. The number of halogens is 1. The lowest BCUT2D eigenvalue weighted by atomic mass is 9.72. The van der Waals surface area contributed by atoms with E-state index < -0.39 is 16.0 Å². The van der Waals surface area contributed by atoms with Crippen LogP contribution in [-0.2, 0) is 0 Å². The summed E-state index contributed by atoms with van der Waals surface area (Å²) < 4.78 is 0. The largest absolute Gasteiger partial charge is 0.325 e. The lowest BCUT2D eigenvalue weighted by Gasteiger charge is -2.41. The molecule has 0 radical (unpaired) electrons. The van der Waals surface area contributed by atoms with Gasteiger partial charge in [-0.2, -0.15) is 0 Å². The molecule has 3 atom stereocenters. The first kappa shape index (κ1) is 12.3. The molecule has 2 rings (SSSR count). The zero-order valence-corrected chi connectivity index (χ0v) is 10.1. The summed E-state index contributed by atoms with van der Waals surface area (Å²) >= 11 is 5.95. The van der Waals surface area contributed by atoms with E-state index in [9.17, 15) is 20.2 Å². The minimum atomic E-state index is -1.48. The van der Waals surface area contributed by atoms with Crippen LogP contribution in [0, 0.1) is 20.2 Å². The number of nitrogens with one attached hydrogen (secondary N) is 1. The zero-order valence-electron chi connectivity index (χ0n) is 9.31. The molecular formula is C9H13ClN3O4+. The van der Waals surface area contributed by atoms with E-state index in [-0.39, 0.29) is 29.3 Å². The fraction of sp³-hybridized carbons (Fsp3) is 0.778. The van der Waals surface area contributed by atoms with Crippen LogP contribution in [0.5, 0.6) is 0 Å². The van der Waals surface area contributed by atoms with Gasteiger partial charge in [-0.1, -0.05) is 17.7 Å². The number of rotatable bonds is 2. The maximum absolute atomic E-state index is 11.3. The Hall–Kier alpha value is -1.21. The number of fused-ring (bicyclic) bond motifs is 2. The Labute approximate surface area is 102 Å².